The second-order valence-electron chi connectivity index (χ2n) is 5.16. The van der Waals surface area contributed by atoms with Crippen LogP contribution in [0.25, 0.3) is 0 Å². The van der Waals surface area contributed by atoms with Crippen LogP contribution in [0.1, 0.15) is 31.9 Å². The highest BCUT2D eigenvalue weighted by Gasteiger charge is 2.26. The summed E-state index contributed by atoms with van der Waals surface area (Å²) in [7, 11) is 1.71. The van der Waals surface area contributed by atoms with Gasteiger partial charge in [-0.2, -0.15) is 0 Å². The van der Waals surface area contributed by atoms with Gasteiger partial charge in [-0.3, -0.25) is 9.69 Å². The van der Waals surface area contributed by atoms with Gasteiger partial charge in [-0.15, -0.1) is 5.10 Å². The molecule has 1 atom stereocenters. The van der Waals surface area contributed by atoms with Gasteiger partial charge in [0.2, 0.25) is 5.91 Å². The minimum absolute atomic E-state index is 0.104. The SMILES string of the molecule is CCCNc1snnc1CN1CCCC(C(=O)NC)C1. The Morgan fingerprint density at radius 3 is 3.15 bits per heavy atom. The van der Waals surface area contributed by atoms with Gasteiger partial charge in [0.15, 0.2) is 0 Å². The van der Waals surface area contributed by atoms with Crippen molar-refractivity contribution in [3.05, 3.63) is 5.69 Å². The summed E-state index contributed by atoms with van der Waals surface area (Å²) in [4.78, 5) is 14.0. The van der Waals surface area contributed by atoms with Gasteiger partial charge in [0, 0.05) is 38.2 Å². The fourth-order valence-electron chi connectivity index (χ4n) is 2.51. The molecule has 20 heavy (non-hydrogen) atoms. The third-order valence-electron chi connectivity index (χ3n) is 3.59. The molecule has 1 aliphatic rings. The van der Waals surface area contributed by atoms with Crippen molar-refractivity contribution in [2.24, 2.45) is 5.92 Å². The summed E-state index contributed by atoms with van der Waals surface area (Å²) in [5.41, 5.74) is 1.00. The van der Waals surface area contributed by atoms with Crippen LogP contribution in [0.15, 0.2) is 0 Å². The molecule has 0 bridgehead atoms. The lowest BCUT2D eigenvalue weighted by atomic mass is 9.97. The molecule has 0 spiro atoms. The number of anilines is 1. The number of nitrogens with zero attached hydrogens (tertiary/aromatic N) is 3. The Bertz CT molecular complexity index is 436. The van der Waals surface area contributed by atoms with Crippen LogP contribution in [0.3, 0.4) is 0 Å². The van der Waals surface area contributed by atoms with Crippen LogP contribution in [0.5, 0.6) is 0 Å². The van der Waals surface area contributed by atoms with Crippen molar-refractivity contribution in [3.8, 4) is 0 Å². The summed E-state index contributed by atoms with van der Waals surface area (Å²) in [5.74, 6) is 0.253. The zero-order chi connectivity index (χ0) is 14.4. The van der Waals surface area contributed by atoms with Crippen molar-refractivity contribution >= 4 is 22.4 Å². The zero-order valence-corrected chi connectivity index (χ0v) is 13.0. The fraction of sp³-hybridized carbons (Fsp3) is 0.769. The van der Waals surface area contributed by atoms with Crippen LogP contribution in [-0.2, 0) is 11.3 Å². The summed E-state index contributed by atoms with van der Waals surface area (Å²) in [6, 6.07) is 0. The Hall–Kier alpha value is -1.21. The van der Waals surface area contributed by atoms with Crippen molar-refractivity contribution in [2.45, 2.75) is 32.7 Å². The number of carbonyl (C=O) groups excluding carboxylic acids is 1. The largest absolute Gasteiger partial charge is 0.374 e. The summed E-state index contributed by atoms with van der Waals surface area (Å²) in [6.45, 7) is 5.69. The summed E-state index contributed by atoms with van der Waals surface area (Å²) < 4.78 is 4.03. The molecule has 2 rings (SSSR count). The maximum absolute atomic E-state index is 11.7. The third-order valence-corrected chi connectivity index (χ3v) is 4.31. The number of hydrogen-bond donors (Lipinski definition) is 2. The van der Waals surface area contributed by atoms with Crippen LogP contribution in [-0.4, -0.2) is 47.1 Å². The molecule has 1 aromatic rings. The van der Waals surface area contributed by atoms with Crippen molar-refractivity contribution in [1.29, 1.82) is 0 Å². The van der Waals surface area contributed by atoms with Gasteiger partial charge in [0.05, 0.1) is 5.92 Å². The predicted octanol–water partition coefficient (Wildman–Crippen LogP) is 1.32. The van der Waals surface area contributed by atoms with Crippen molar-refractivity contribution in [2.75, 3.05) is 32.0 Å². The molecule has 1 amide bonds. The maximum Gasteiger partial charge on any atom is 0.224 e. The van der Waals surface area contributed by atoms with Crippen LogP contribution in [0.4, 0.5) is 5.00 Å². The van der Waals surface area contributed by atoms with Crippen LogP contribution in [0.2, 0.25) is 0 Å². The minimum atomic E-state index is 0.104. The number of aromatic nitrogens is 2. The van der Waals surface area contributed by atoms with E-state index in [0.29, 0.717) is 0 Å². The number of likely N-dealkylation sites (tertiary alicyclic amines) is 1. The monoisotopic (exact) mass is 297 g/mol. The summed E-state index contributed by atoms with van der Waals surface area (Å²) in [5, 5.41) is 11.4. The second-order valence-corrected chi connectivity index (χ2v) is 5.92. The quantitative estimate of drug-likeness (QED) is 0.828. The molecule has 2 N–H and O–H groups in total. The molecule has 112 valence electrons. The van der Waals surface area contributed by atoms with E-state index in [4.69, 9.17) is 0 Å². The first-order valence-electron chi connectivity index (χ1n) is 7.23. The number of nitrogens with one attached hydrogen (secondary N) is 2. The average molecular weight is 297 g/mol. The highest BCUT2D eigenvalue weighted by molar-refractivity contribution is 7.10. The normalized spacial score (nSPS) is 19.8. The van der Waals surface area contributed by atoms with Gasteiger partial charge in [-0.05, 0) is 25.8 Å². The van der Waals surface area contributed by atoms with E-state index in [1.165, 1.54) is 11.5 Å². The predicted molar refractivity (Wildman–Crippen MR) is 80.8 cm³/mol. The highest BCUT2D eigenvalue weighted by atomic mass is 32.1. The van der Waals surface area contributed by atoms with Crippen molar-refractivity contribution < 1.29 is 4.79 Å². The lowest BCUT2D eigenvalue weighted by Gasteiger charge is -2.31. The first-order chi connectivity index (χ1) is 9.74. The molecule has 0 aromatic carbocycles. The molecule has 1 fully saturated rings. The molecular weight excluding hydrogens is 274 g/mol. The Morgan fingerprint density at radius 1 is 1.55 bits per heavy atom. The molecule has 0 aliphatic carbocycles. The second kappa shape index (κ2) is 7.54. The topological polar surface area (TPSA) is 70.2 Å². The van der Waals surface area contributed by atoms with Gasteiger partial charge >= 0.3 is 0 Å². The number of amides is 1. The van der Waals surface area contributed by atoms with Gasteiger partial charge in [-0.1, -0.05) is 11.4 Å². The smallest absolute Gasteiger partial charge is 0.224 e. The van der Waals surface area contributed by atoms with E-state index < -0.39 is 0 Å². The van der Waals surface area contributed by atoms with E-state index in [1.54, 1.807) is 7.05 Å². The molecule has 1 saturated heterocycles. The molecular formula is C13H23N5OS. The third kappa shape index (κ3) is 3.89. The molecule has 6 nitrogen and oxygen atoms in total. The Morgan fingerprint density at radius 2 is 2.40 bits per heavy atom. The molecule has 1 aliphatic heterocycles. The van der Waals surface area contributed by atoms with Crippen molar-refractivity contribution in [1.82, 2.24) is 19.8 Å². The van der Waals surface area contributed by atoms with Crippen LogP contribution < -0.4 is 10.6 Å². The van der Waals surface area contributed by atoms with Gasteiger partial charge in [0.1, 0.15) is 10.7 Å². The van der Waals surface area contributed by atoms with Crippen molar-refractivity contribution in [3.63, 3.8) is 0 Å². The van der Waals surface area contributed by atoms with E-state index >= 15 is 0 Å². The van der Waals surface area contributed by atoms with Crippen LogP contribution in [0, 0.1) is 5.92 Å². The fourth-order valence-corrected chi connectivity index (χ4v) is 3.11. The molecule has 0 radical (unpaired) electrons. The molecule has 2 heterocycles. The minimum Gasteiger partial charge on any atom is -0.374 e. The van der Waals surface area contributed by atoms with E-state index in [2.05, 4.69) is 32.0 Å². The summed E-state index contributed by atoms with van der Waals surface area (Å²) in [6.07, 6.45) is 3.12. The lowest BCUT2D eigenvalue weighted by Crippen LogP contribution is -2.41. The maximum atomic E-state index is 11.7. The molecule has 0 saturated carbocycles. The Kier molecular flexibility index (Phi) is 5.72. The van der Waals surface area contributed by atoms with Gasteiger partial charge in [-0.25, -0.2) is 0 Å². The van der Waals surface area contributed by atoms with Gasteiger partial charge in [0.25, 0.3) is 0 Å². The average Bonchev–Trinajstić information content (AvgIpc) is 2.91. The first kappa shape index (κ1) is 15.2. The molecule has 7 heteroatoms. The Balaban J connectivity index is 1.92. The highest BCUT2D eigenvalue weighted by Crippen LogP contribution is 2.23. The van der Waals surface area contributed by atoms with E-state index in [0.717, 1.165) is 56.1 Å². The molecule has 1 aromatic heterocycles. The number of hydrogen-bond acceptors (Lipinski definition) is 6. The van der Waals surface area contributed by atoms with E-state index in [9.17, 15) is 4.79 Å². The summed E-state index contributed by atoms with van der Waals surface area (Å²) >= 11 is 1.41. The van der Waals surface area contributed by atoms with E-state index in [1.807, 2.05) is 0 Å². The number of carbonyl (C=O) groups is 1. The lowest BCUT2D eigenvalue weighted by molar-refractivity contribution is -0.126. The Labute approximate surface area is 124 Å². The van der Waals surface area contributed by atoms with Gasteiger partial charge < -0.3 is 10.6 Å². The molecule has 1 unspecified atom stereocenters. The number of rotatable bonds is 6. The standard InChI is InChI=1S/C13H23N5OS/c1-3-6-15-13-11(16-17-20-13)9-18-7-4-5-10(8-18)12(19)14-2/h10,15H,3-9H2,1-2H3,(H,14,19). The zero-order valence-electron chi connectivity index (χ0n) is 12.2. The van der Waals surface area contributed by atoms with Crippen LogP contribution >= 0.6 is 11.5 Å². The number of piperidine rings is 1. The van der Waals surface area contributed by atoms with E-state index in [-0.39, 0.29) is 11.8 Å². The first-order valence-corrected chi connectivity index (χ1v) is 8.01.